The maximum absolute atomic E-state index is 13.7. The highest BCUT2D eigenvalue weighted by molar-refractivity contribution is 7.99. The molecule has 4 nitrogen and oxygen atoms in total. The normalized spacial score (nSPS) is 12.5. The molecular weight excluding hydrogens is 436 g/mol. The monoisotopic (exact) mass is 471 g/mol. The summed E-state index contributed by atoms with van der Waals surface area (Å²) in [6, 6.07) is 5.17. The molecule has 1 aromatic heterocycles. The average Bonchev–Trinajstić information content (AvgIpc) is 3.02. The van der Waals surface area contributed by atoms with Gasteiger partial charge in [0, 0.05) is 10.6 Å². The summed E-state index contributed by atoms with van der Waals surface area (Å²) in [6.07, 6.45) is -0.967. The SMILES string of the molecule is C=C(N)Nc1c(C(C)C)cc(C(C)F)cc1C(C)C.CC(C)(O)c1cc(F)c(SN)s1. The van der Waals surface area contributed by atoms with Crippen LogP contribution in [0.2, 0.25) is 0 Å². The Hall–Kier alpha value is -1.61. The molecule has 0 aliphatic carbocycles. The molecule has 0 amide bonds. The van der Waals surface area contributed by atoms with Crippen molar-refractivity contribution in [3.8, 4) is 0 Å². The average molecular weight is 472 g/mol. The number of nitrogens with one attached hydrogen (secondary N) is 1. The number of benzene rings is 1. The van der Waals surface area contributed by atoms with Crippen LogP contribution in [0.25, 0.3) is 0 Å². The summed E-state index contributed by atoms with van der Waals surface area (Å²) in [7, 11) is 0. The molecule has 1 heterocycles. The minimum Gasteiger partial charge on any atom is -0.386 e. The van der Waals surface area contributed by atoms with Crippen LogP contribution in [0, 0.1) is 5.82 Å². The summed E-state index contributed by atoms with van der Waals surface area (Å²) < 4.78 is 27.0. The highest BCUT2D eigenvalue weighted by atomic mass is 32.2. The Morgan fingerprint density at radius 2 is 1.61 bits per heavy atom. The fourth-order valence-corrected chi connectivity index (χ4v) is 4.29. The molecule has 0 radical (unpaired) electrons. The summed E-state index contributed by atoms with van der Waals surface area (Å²) in [4.78, 5) is 0.591. The Kier molecular flexibility index (Phi) is 10.0. The summed E-state index contributed by atoms with van der Waals surface area (Å²) in [5, 5.41) is 17.9. The van der Waals surface area contributed by atoms with E-state index < -0.39 is 11.8 Å². The summed E-state index contributed by atoms with van der Waals surface area (Å²) in [5.74, 6) is 0.630. The number of nitrogens with two attached hydrogens (primary N) is 2. The van der Waals surface area contributed by atoms with Crippen LogP contribution in [0.15, 0.2) is 34.8 Å². The molecule has 0 bridgehead atoms. The molecular formula is C23H35F2N3OS2. The fourth-order valence-electron chi connectivity index (χ4n) is 2.89. The van der Waals surface area contributed by atoms with Crippen LogP contribution >= 0.6 is 23.3 Å². The quantitative estimate of drug-likeness (QED) is 0.331. The first kappa shape index (κ1) is 27.4. The van der Waals surface area contributed by atoms with E-state index >= 15 is 0 Å². The highest BCUT2D eigenvalue weighted by Crippen LogP contribution is 2.36. The molecule has 6 N–H and O–H groups in total. The Morgan fingerprint density at radius 1 is 1.13 bits per heavy atom. The van der Waals surface area contributed by atoms with E-state index in [9.17, 15) is 13.9 Å². The van der Waals surface area contributed by atoms with Crippen LogP contribution in [0.1, 0.15) is 88.0 Å². The molecule has 1 aromatic carbocycles. The Balaban J connectivity index is 0.000000343. The van der Waals surface area contributed by atoms with Crippen LogP contribution < -0.4 is 16.2 Å². The van der Waals surface area contributed by atoms with Gasteiger partial charge in [0.15, 0.2) is 0 Å². The molecule has 0 fully saturated rings. The molecule has 2 rings (SSSR count). The Morgan fingerprint density at radius 3 is 1.87 bits per heavy atom. The number of halogens is 2. The lowest BCUT2D eigenvalue weighted by atomic mass is 9.89. The summed E-state index contributed by atoms with van der Waals surface area (Å²) >= 11 is 2.04. The van der Waals surface area contributed by atoms with Gasteiger partial charge in [-0.05, 0) is 67.3 Å². The van der Waals surface area contributed by atoms with Crippen molar-refractivity contribution in [3.63, 3.8) is 0 Å². The van der Waals surface area contributed by atoms with Crippen molar-refractivity contribution in [2.75, 3.05) is 5.32 Å². The van der Waals surface area contributed by atoms with Gasteiger partial charge in [-0.2, -0.15) is 0 Å². The van der Waals surface area contributed by atoms with E-state index in [4.69, 9.17) is 10.9 Å². The van der Waals surface area contributed by atoms with E-state index in [1.807, 2.05) is 12.1 Å². The lowest BCUT2D eigenvalue weighted by Crippen LogP contribution is -2.13. The second-order valence-electron chi connectivity index (χ2n) is 8.57. The fraction of sp³-hybridized carbons (Fsp3) is 0.478. The second kappa shape index (κ2) is 11.3. The summed E-state index contributed by atoms with van der Waals surface area (Å²) in [5.41, 5.74) is 8.55. The van der Waals surface area contributed by atoms with Crippen LogP contribution in [0.4, 0.5) is 14.5 Å². The molecule has 0 aliphatic rings. The minimum absolute atomic E-state index is 0.290. The first-order valence-electron chi connectivity index (χ1n) is 10.1. The van der Waals surface area contributed by atoms with Gasteiger partial charge in [-0.1, -0.05) is 46.4 Å². The number of aliphatic hydroxyl groups is 1. The highest BCUT2D eigenvalue weighted by Gasteiger charge is 2.21. The minimum atomic E-state index is -0.987. The van der Waals surface area contributed by atoms with Gasteiger partial charge in [0.25, 0.3) is 0 Å². The first-order valence-corrected chi connectivity index (χ1v) is 11.8. The third-order valence-corrected chi connectivity index (χ3v) is 6.74. The van der Waals surface area contributed by atoms with E-state index in [1.54, 1.807) is 20.8 Å². The lowest BCUT2D eigenvalue weighted by molar-refractivity contribution is 0.0823. The predicted octanol–water partition coefficient (Wildman–Crippen LogP) is 6.89. The summed E-state index contributed by atoms with van der Waals surface area (Å²) in [6.45, 7) is 16.9. The van der Waals surface area contributed by atoms with E-state index in [-0.39, 0.29) is 17.7 Å². The smallest absolute Gasteiger partial charge is 0.149 e. The molecule has 2 aromatic rings. The van der Waals surface area contributed by atoms with Gasteiger partial charge in [0.1, 0.15) is 16.2 Å². The van der Waals surface area contributed by atoms with Crippen LogP contribution in [0.3, 0.4) is 0 Å². The molecule has 0 saturated carbocycles. The molecule has 1 unspecified atom stereocenters. The van der Waals surface area contributed by atoms with E-state index in [0.717, 1.165) is 34.3 Å². The van der Waals surface area contributed by atoms with Crippen LogP contribution in [0.5, 0.6) is 0 Å². The van der Waals surface area contributed by atoms with Gasteiger partial charge in [-0.3, -0.25) is 5.14 Å². The van der Waals surface area contributed by atoms with Crippen molar-refractivity contribution >= 4 is 29.0 Å². The number of hydrogen-bond acceptors (Lipinski definition) is 6. The molecule has 31 heavy (non-hydrogen) atoms. The Labute approximate surface area is 193 Å². The van der Waals surface area contributed by atoms with E-state index in [2.05, 4.69) is 39.6 Å². The molecule has 0 saturated heterocycles. The van der Waals surface area contributed by atoms with Gasteiger partial charge in [-0.25, -0.2) is 8.78 Å². The van der Waals surface area contributed by atoms with Gasteiger partial charge in [0.2, 0.25) is 0 Å². The number of alkyl halides is 1. The van der Waals surface area contributed by atoms with Gasteiger partial charge < -0.3 is 16.2 Å². The van der Waals surface area contributed by atoms with Gasteiger partial charge >= 0.3 is 0 Å². The van der Waals surface area contributed by atoms with Crippen LogP contribution in [-0.4, -0.2) is 5.11 Å². The second-order valence-corrected chi connectivity index (χ2v) is 10.5. The zero-order chi connectivity index (χ0) is 24.1. The third-order valence-electron chi connectivity index (χ3n) is 4.58. The molecule has 8 heteroatoms. The van der Waals surface area contributed by atoms with Crippen molar-refractivity contribution in [1.29, 1.82) is 0 Å². The van der Waals surface area contributed by atoms with Crippen molar-refractivity contribution in [2.24, 2.45) is 10.9 Å². The number of rotatable bonds is 7. The van der Waals surface area contributed by atoms with Gasteiger partial charge in [-0.15, -0.1) is 11.3 Å². The van der Waals surface area contributed by atoms with Crippen molar-refractivity contribution in [1.82, 2.24) is 0 Å². The number of thiophene rings is 1. The number of anilines is 1. The standard InChI is InChI=1S/C16H25FN2.C7H10FNOS2/c1-9(2)14-7-13(11(5)17)8-15(10(3)4)16(14)19-12(6)18;1-7(2,10)5-3-4(8)6(11-5)12-9/h7-11,19H,6,18H2,1-5H3;3,10H,9H2,1-2H3. The first-order chi connectivity index (χ1) is 14.2. The van der Waals surface area contributed by atoms with Crippen molar-refractivity contribution in [2.45, 2.75) is 76.3 Å². The lowest BCUT2D eigenvalue weighted by Gasteiger charge is -2.23. The van der Waals surface area contributed by atoms with Crippen LogP contribution in [-0.2, 0) is 5.60 Å². The topological polar surface area (TPSA) is 84.3 Å². The zero-order valence-corrected chi connectivity index (χ0v) is 21.0. The largest absolute Gasteiger partial charge is 0.386 e. The van der Waals surface area contributed by atoms with Crippen molar-refractivity contribution < 1.29 is 13.9 Å². The van der Waals surface area contributed by atoms with Crippen molar-refractivity contribution in [3.05, 3.63) is 58.0 Å². The molecule has 174 valence electrons. The zero-order valence-electron chi connectivity index (χ0n) is 19.3. The van der Waals surface area contributed by atoms with Gasteiger partial charge in [0.05, 0.1) is 11.4 Å². The maximum Gasteiger partial charge on any atom is 0.149 e. The molecule has 1 atom stereocenters. The van der Waals surface area contributed by atoms with E-state index in [0.29, 0.717) is 14.9 Å². The maximum atomic E-state index is 13.7. The molecule has 0 spiro atoms. The Bertz CT molecular complexity index is 858. The number of hydrogen-bond donors (Lipinski definition) is 4. The third kappa shape index (κ3) is 7.79. The molecule has 0 aliphatic heterocycles. The predicted molar refractivity (Wildman–Crippen MR) is 131 cm³/mol. The van der Waals surface area contributed by atoms with E-state index in [1.165, 1.54) is 17.4 Å².